The second-order valence-corrected chi connectivity index (χ2v) is 9.69. The van der Waals surface area contributed by atoms with Crippen molar-refractivity contribution in [1.82, 2.24) is 15.1 Å². The van der Waals surface area contributed by atoms with Gasteiger partial charge in [0.25, 0.3) is 0 Å². The van der Waals surface area contributed by atoms with Crippen LogP contribution in [0.4, 0.5) is 9.59 Å². The molecule has 7 nitrogen and oxygen atoms in total. The molecule has 31 heavy (non-hydrogen) atoms. The second-order valence-electron chi connectivity index (χ2n) is 9.69. The smallest absolute Gasteiger partial charge is 0.410 e. The molecule has 2 heterocycles. The number of hydrogen-bond donors (Lipinski definition) is 1. The standard InChI is InChI=1S/C24H37N3O4/c1-24(2,3)31-23(29)27-15-9-19(10-16-27)17-26-13-11-21(12-14-26)25-22(28)30-18-20-7-5-4-6-8-20/h4-8,19,21H,9-18H2,1-3H3,(H,25,28). The van der Waals surface area contributed by atoms with Gasteiger partial charge >= 0.3 is 12.2 Å². The summed E-state index contributed by atoms with van der Waals surface area (Å²) < 4.78 is 10.8. The van der Waals surface area contributed by atoms with Crippen LogP contribution < -0.4 is 5.32 Å². The number of rotatable bonds is 5. The number of piperidine rings is 2. The average molecular weight is 432 g/mol. The van der Waals surface area contributed by atoms with Crippen LogP contribution in [0.1, 0.15) is 52.0 Å². The summed E-state index contributed by atoms with van der Waals surface area (Å²) in [5.74, 6) is 0.610. The highest BCUT2D eigenvalue weighted by Crippen LogP contribution is 2.22. The topological polar surface area (TPSA) is 71.1 Å². The minimum absolute atomic E-state index is 0.175. The molecule has 1 aromatic carbocycles. The van der Waals surface area contributed by atoms with Gasteiger partial charge in [0.05, 0.1) is 0 Å². The van der Waals surface area contributed by atoms with Crippen molar-refractivity contribution in [3.63, 3.8) is 0 Å². The summed E-state index contributed by atoms with van der Waals surface area (Å²) in [6.45, 7) is 10.6. The van der Waals surface area contributed by atoms with Gasteiger partial charge in [-0.3, -0.25) is 0 Å². The fourth-order valence-corrected chi connectivity index (χ4v) is 4.18. The molecule has 2 aliphatic rings. The lowest BCUT2D eigenvalue weighted by atomic mass is 9.95. The summed E-state index contributed by atoms with van der Waals surface area (Å²) in [7, 11) is 0. The molecule has 3 rings (SSSR count). The summed E-state index contributed by atoms with van der Waals surface area (Å²) in [5.41, 5.74) is 0.547. The third kappa shape index (κ3) is 8.05. The van der Waals surface area contributed by atoms with Gasteiger partial charge in [0, 0.05) is 38.8 Å². The van der Waals surface area contributed by atoms with Crippen molar-refractivity contribution in [3.8, 4) is 0 Å². The van der Waals surface area contributed by atoms with Crippen molar-refractivity contribution in [2.45, 2.75) is 64.7 Å². The third-order valence-electron chi connectivity index (χ3n) is 5.90. The van der Waals surface area contributed by atoms with E-state index in [0.717, 1.165) is 64.0 Å². The Morgan fingerprint density at radius 2 is 1.65 bits per heavy atom. The van der Waals surface area contributed by atoms with Crippen molar-refractivity contribution >= 4 is 12.2 Å². The number of nitrogens with zero attached hydrogens (tertiary/aromatic N) is 2. The molecule has 0 aromatic heterocycles. The molecule has 172 valence electrons. The molecular weight excluding hydrogens is 394 g/mol. The first-order valence-corrected chi connectivity index (χ1v) is 11.5. The summed E-state index contributed by atoms with van der Waals surface area (Å²) in [6.07, 6.45) is 3.38. The Kier molecular flexibility index (Phi) is 8.18. The normalized spacial score (nSPS) is 19.1. The van der Waals surface area contributed by atoms with Gasteiger partial charge in [0.15, 0.2) is 0 Å². The molecular formula is C24H37N3O4. The quantitative estimate of drug-likeness (QED) is 0.762. The number of carbonyl (C=O) groups excluding carboxylic acids is 2. The number of benzene rings is 1. The molecule has 2 aliphatic heterocycles. The van der Waals surface area contributed by atoms with Crippen LogP contribution in [0.3, 0.4) is 0 Å². The van der Waals surface area contributed by atoms with Crippen molar-refractivity contribution in [1.29, 1.82) is 0 Å². The van der Waals surface area contributed by atoms with Gasteiger partial charge < -0.3 is 24.6 Å². The van der Waals surface area contributed by atoms with Crippen molar-refractivity contribution in [3.05, 3.63) is 35.9 Å². The van der Waals surface area contributed by atoms with E-state index in [-0.39, 0.29) is 18.2 Å². The molecule has 1 aromatic rings. The number of alkyl carbamates (subject to hydrolysis) is 1. The number of carbonyl (C=O) groups is 2. The van der Waals surface area contributed by atoms with Crippen LogP contribution in [0.25, 0.3) is 0 Å². The first kappa shape index (κ1) is 23.4. The van der Waals surface area contributed by atoms with Gasteiger partial charge in [-0.1, -0.05) is 30.3 Å². The van der Waals surface area contributed by atoms with E-state index < -0.39 is 5.60 Å². The van der Waals surface area contributed by atoms with Gasteiger partial charge in [-0.2, -0.15) is 0 Å². The van der Waals surface area contributed by atoms with Gasteiger partial charge in [0.1, 0.15) is 12.2 Å². The minimum atomic E-state index is -0.444. The van der Waals surface area contributed by atoms with Gasteiger partial charge in [-0.25, -0.2) is 9.59 Å². The van der Waals surface area contributed by atoms with Crippen LogP contribution in [-0.4, -0.2) is 66.4 Å². The average Bonchev–Trinajstić information content (AvgIpc) is 2.74. The SMILES string of the molecule is CC(C)(C)OC(=O)N1CCC(CN2CCC(NC(=O)OCc3ccccc3)CC2)CC1. The summed E-state index contributed by atoms with van der Waals surface area (Å²) >= 11 is 0. The first-order chi connectivity index (χ1) is 14.8. The van der Waals surface area contributed by atoms with Gasteiger partial charge in [-0.15, -0.1) is 0 Å². The van der Waals surface area contributed by atoms with Crippen LogP contribution in [0.15, 0.2) is 30.3 Å². The zero-order chi connectivity index (χ0) is 22.3. The van der Waals surface area contributed by atoms with E-state index in [1.54, 1.807) is 0 Å². The van der Waals surface area contributed by atoms with Crippen molar-refractivity contribution < 1.29 is 19.1 Å². The van der Waals surface area contributed by atoms with Crippen LogP contribution in [0.2, 0.25) is 0 Å². The highest BCUT2D eigenvalue weighted by Gasteiger charge is 2.29. The summed E-state index contributed by atoms with van der Waals surface area (Å²) in [5, 5.41) is 3.00. The lowest BCUT2D eigenvalue weighted by molar-refractivity contribution is 0.0164. The van der Waals surface area contributed by atoms with Crippen LogP contribution in [0, 0.1) is 5.92 Å². The molecule has 2 fully saturated rings. The number of hydrogen-bond acceptors (Lipinski definition) is 5. The van der Waals surface area contributed by atoms with Crippen LogP contribution in [0.5, 0.6) is 0 Å². The largest absolute Gasteiger partial charge is 0.445 e. The Morgan fingerprint density at radius 3 is 2.26 bits per heavy atom. The molecule has 0 radical (unpaired) electrons. The van der Waals surface area contributed by atoms with Gasteiger partial charge in [0.2, 0.25) is 0 Å². The van der Waals surface area contributed by atoms with E-state index in [4.69, 9.17) is 9.47 Å². The van der Waals surface area contributed by atoms with Crippen LogP contribution in [-0.2, 0) is 16.1 Å². The molecule has 0 saturated carbocycles. The Balaban J connectivity index is 1.30. The summed E-state index contributed by atoms with van der Waals surface area (Å²) in [6, 6.07) is 9.89. The first-order valence-electron chi connectivity index (χ1n) is 11.5. The molecule has 0 atom stereocenters. The zero-order valence-corrected chi connectivity index (χ0v) is 19.1. The monoisotopic (exact) mass is 431 g/mol. The number of amides is 2. The number of nitrogens with one attached hydrogen (secondary N) is 1. The predicted molar refractivity (Wildman–Crippen MR) is 120 cm³/mol. The van der Waals surface area contributed by atoms with E-state index in [1.807, 2.05) is 56.0 Å². The van der Waals surface area contributed by atoms with Crippen molar-refractivity contribution in [2.75, 3.05) is 32.7 Å². The molecule has 7 heteroatoms. The zero-order valence-electron chi connectivity index (χ0n) is 19.1. The molecule has 0 bridgehead atoms. The molecule has 0 unspecified atom stereocenters. The molecule has 0 spiro atoms. The lowest BCUT2D eigenvalue weighted by Gasteiger charge is -2.38. The van der Waals surface area contributed by atoms with E-state index in [0.29, 0.717) is 12.5 Å². The van der Waals surface area contributed by atoms with E-state index in [1.165, 1.54) is 0 Å². The van der Waals surface area contributed by atoms with E-state index in [9.17, 15) is 9.59 Å². The molecule has 0 aliphatic carbocycles. The Bertz CT molecular complexity index is 703. The van der Waals surface area contributed by atoms with Gasteiger partial charge in [-0.05, 0) is 57.9 Å². The Labute approximate surface area is 186 Å². The number of ether oxygens (including phenoxy) is 2. The lowest BCUT2D eigenvalue weighted by Crippen LogP contribution is -2.47. The fourth-order valence-electron chi connectivity index (χ4n) is 4.18. The third-order valence-corrected chi connectivity index (χ3v) is 5.90. The Morgan fingerprint density at radius 1 is 1.00 bits per heavy atom. The fraction of sp³-hybridized carbons (Fsp3) is 0.667. The predicted octanol–water partition coefficient (Wildman–Crippen LogP) is 4.02. The highest BCUT2D eigenvalue weighted by atomic mass is 16.6. The maximum absolute atomic E-state index is 12.2. The maximum atomic E-state index is 12.2. The van der Waals surface area contributed by atoms with Crippen molar-refractivity contribution in [2.24, 2.45) is 5.92 Å². The molecule has 1 N–H and O–H groups in total. The van der Waals surface area contributed by atoms with Crippen LogP contribution >= 0.6 is 0 Å². The highest BCUT2D eigenvalue weighted by molar-refractivity contribution is 5.68. The molecule has 2 amide bonds. The van der Waals surface area contributed by atoms with E-state index in [2.05, 4.69) is 10.2 Å². The summed E-state index contributed by atoms with van der Waals surface area (Å²) in [4.78, 5) is 28.6. The molecule has 2 saturated heterocycles. The van der Waals surface area contributed by atoms with E-state index >= 15 is 0 Å². The minimum Gasteiger partial charge on any atom is -0.445 e. The maximum Gasteiger partial charge on any atom is 0.410 e. The Hall–Kier alpha value is -2.28. The number of likely N-dealkylation sites (tertiary alicyclic amines) is 2. The second kappa shape index (κ2) is 10.8.